The zero-order valence-corrected chi connectivity index (χ0v) is 16.7. The van der Waals surface area contributed by atoms with Gasteiger partial charge in [0.25, 0.3) is 0 Å². The second kappa shape index (κ2) is 9.36. The van der Waals surface area contributed by atoms with Gasteiger partial charge in [-0.2, -0.15) is 0 Å². The fourth-order valence-corrected chi connectivity index (χ4v) is 3.63. The Balaban J connectivity index is 1.93. The number of rotatable bonds is 9. The summed E-state index contributed by atoms with van der Waals surface area (Å²) in [5, 5.41) is 0. The maximum atomic E-state index is 12.3. The monoisotopic (exact) mass is 406 g/mol. The highest BCUT2D eigenvalue weighted by Gasteiger charge is 2.19. The quantitative estimate of drug-likeness (QED) is 0.466. The molecule has 8 heteroatoms. The molecule has 2 rings (SSSR count). The van der Waals surface area contributed by atoms with E-state index >= 15 is 0 Å². The first-order valence-electron chi connectivity index (χ1n) is 8.47. The lowest BCUT2D eigenvalue weighted by atomic mass is 10.1. The van der Waals surface area contributed by atoms with E-state index in [4.69, 9.17) is 14.2 Å². The molecular formula is C20H22O7S. The molecule has 0 aromatic heterocycles. The normalized spacial score (nSPS) is 11.0. The number of carbonyl (C=O) groups is 2. The maximum absolute atomic E-state index is 12.3. The molecule has 0 atom stereocenters. The van der Waals surface area contributed by atoms with Crippen molar-refractivity contribution in [2.75, 3.05) is 26.6 Å². The summed E-state index contributed by atoms with van der Waals surface area (Å²) in [6.07, 6.45) is -0.348. The van der Waals surface area contributed by atoms with Crippen LogP contribution >= 0.6 is 0 Å². The van der Waals surface area contributed by atoms with Crippen LogP contribution < -0.4 is 9.47 Å². The summed E-state index contributed by atoms with van der Waals surface area (Å²) in [7, 11) is -0.725. The topological polar surface area (TPSA) is 96.0 Å². The Bertz CT molecular complexity index is 947. The first-order valence-corrected chi connectivity index (χ1v) is 10.1. The smallest absolute Gasteiger partial charge is 0.307 e. The third-order valence-corrected chi connectivity index (χ3v) is 5.76. The molecule has 0 aliphatic carbocycles. The van der Waals surface area contributed by atoms with Crippen molar-refractivity contribution < 1.29 is 32.2 Å². The number of aryl methyl sites for hydroxylation is 1. The Morgan fingerprint density at radius 3 is 2.25 bits per heavy atom. The molecule has 0 unspecified atom stereocenters. The lowest BCUT2D eigenvalue weighted by Crippen LogP contribution is -2.18. The summed E-state index contributed by atoms with van der Waals surface area (Å²) in [6, 6.07) is 11.1. The third kappa shape index (κ3) is 5.56. The highest BCUT2D eigenvalue weighted by atomic mass is 32.2. The van der Waals surface area contributed by atoms with Crippen molar-refractivity contribution in [3.63, 3.8) is 0 Å². The van der Waals surface area contributed by atoms with Gasteiger partial charge in [-0.05, 0) is 37.3 Å². The molecule has 2 aromatic rings. The molecule has 150 valence electrons. The van der Waals surface area contributed by atoms with Crippen LogP contribution in [0.25, 0.3) is 0 Å². The highest BCUT2D eigenvalue weighted by molar-refractivity contribution is 7.91. The summed E-state index contributed by atoms with van der Waals surface area (Å²) >= 11 is 0. The van der Waals surface area contributed by atoms with E-state index in [1.165, 1.54) is 32.4 Å². The SMILES string of the molecule is COc1ccc(OC)c(C(=O)COC(=O)CCS(=O)(=O)c2ccc(C)cc2)c1. The van der Waals surface area contributed by atoms with Crippen molar-refractivity contribution in [1.29, 1.82) is 0 Å². The molecule has 0 saturated carbocycles. The van der Waals surface area contributed by atoms with E-state index in [1.807, 2.05) is 6.92 Å². The first-order chi connectivity index (χ1) is 13.3. The van der Waals surface area contributed by atoms with Crippen molar-refractivity contribution in [2.24, 2.45) is 0 Å². The van der Waals surface area contributed by atoms with Crippen LogP contribution in [-0.2, 0) is 19.4 Å². The molecule has 28 heavy (non-hydrogen) atoms. The zero-order valence-electron chi connectivity index (χ0n) is 15.9. The molecule has 0 heterocycles. The van der Waals surface area contributed by atoms with Crippen molar-refractivity contribution in [2.45, 2.75) is 18.2 Å². The van der Waals surface area contributed by atoms with E-state index in [-0.39, 0.29) is 16.9 Å². The lowest BCUT2D eigenvalue weighted by Gasteiger charge is -2.10. The van der Waals surface area contributed by atoms with Gasteiger partial charge in [-0.15, -0.1) is 0 Å². The van der Waals surface area contributed by atoms with Gasteiger partial charge in [0.1, 0.15) is 11.5 Å². The van der Waals surface area contributed by atoms with Gasteiger partial charge in [0.05, 0.1) is 36.9 Å². The Morgan fingerprint density at radius 2 is 1.64 bits per heavy atom. The van der Waals surface area contributed by atoms with Crippen LogP contribution in [-0.4, -0.2) is 46.7 Å². The Hall–Kier alpha value is -2.87. The van der Waals surface area contributed by atoms with Gasteiger partial charge in [0, 0.05) is 0 Å². The predicted octanol–water partition coefficient (Wildman–Crippen LogP) is 2.60. The van der Waals surface area contributed by atoms with Gasteiger partial charge in [0.2, 0.25) is 5.78 Å². The molecule has 0 spiro atoms. The van der Waals surface area contributed by atoms with Crippen LogP contribution in [0.3, 0.4) is 0 Å². The minimum atomic E-state index is -3.60. The summed E-state index contributed by atoms with van der Waals surface area (Å²) in [4.78, 5) is 24.4. The van der Waals surface area contributed by atoms with Gasteiger partial charge in [-0.25, -0.2) is 8.42 Å². The molecule has 0 fully saturated rings. The fourth-order valence-electron chi connectivity index (χ4n) is 2.41. The number of hydrogen-bond acceptors (Lipinski definition) is 7. The van der Waals surface area contributed by atoms with E-state index in [0.717, 1.165) is 5.56 Å². The molecule has 7 nitrogen and oxygen atoms in total. The zero-order chi connectivity index (χ0) is 20.7. The number of Topliss-reactive ketones (excluding diaryl/α,β-unsaturated/α-hetero) is 1. The molecular weight excluding hydrogens is 384 g/mol. The number of methoxy groups -OCH3 is 2. The van der Waals surface area contributed by atoms with Gasteiger partial charge < -0.3 is 14.2 Å². The van der Waals surface area contributed by atoms with Crippen molar-refractivity contribution in [3.8, 4) is 11.5 Å². The summed E-state index contributed by atoms with van der Waals surface area (Å²) in [5.74, 6) is -0.870. The average Bonchev–Trinajstić information content (AvgIpc) is 2.70. The van der Waals surface area contributed by atoms with Crippen LogP contribution in [0.1, 0.15) is 22.3 Å². The highest BCUT2D eigenvalue weighted by Crippen LogP contribution is 2.24. The molecule has 0 radical (unpaired) electrons. The lowest BCUT2D eigenvalue weighted by molar-refractivity contribution is -0.142. The van der Waals surface area contributed by atoms with Gasteiger partial charge in [-0.1, -0.05) is 17.7 Å². The molecule has 0 aliphatic heterocycles. The Morgan fingerprint density at radius 1 is 0.964 bits per heavy atom. The fraction of sp³-hybridized carbons (Fsp3) is 0.300. The van der Waals surface area contributed by atoms with Crippen LogP contribution in [0.5, 0.6) is 11.5 Å². The van der Waals surface area contributed by atoms with Crippen LogP contribution in [0.15, 0.2) is 47.4 Å². The van der Waals surface area contributed by atoms with Gasteiger partial charge in [0.15, 0.2) is 16.4 Å². The third-order valence-electron chi connectivity index (χ3n) is 4.03. The van der Waals surface area contributed by atoms with Crippen molar-refractivity contribution >= 4 is 21.6 Å². The minimum absolute atomic E-state index is 0.142. The molecule has 0 N–H and O–H groups in total. The van der Waals surface area contributed by atoms with Crippen LogP contribution in [0.2, 0.25) is 0 Å². The molecule has 0 amide bonds. The van der Waals surface area contributed by atoms with E-state index in [9.17, 15) is 18.0 Å². The number of sulfone groups is 1. The van der Waals surface area contributed by atoms with Crippen LogP contribution in [0, 0.1) is 6.92 Å². The van der Waals surface area contributed by atoms with Crippen molar-refractivity contribution in [3.05, 3.63) is 53.6 Å². The summed E-state index contributed by atoms with van der Waals surface area (Å²) in [5.41, 5.74) is 1.15. The maximum Gasteiger partial charge on any atom is 0.307 e. The Labute approximate surface area is 164 Å². The number of hydrogen-bond donors (Lipinski definition) is 0. The molecule has 2 aromatic carbocycles. The van der Waals surface area contributed by atoms with Crippen LogP contribution in [0.4, 0.5) is 0 Å². The predicted molar refractivity (Wildman–Crippen MR) is 103 cm³/mol. The van der Waals surface area contributed by atoms with Crippen molar-refractivity contribution in [1.82, 2.24) is 0 Å². The number of benzene rings is 2. The number of esters is 1. The number of carbonyl (C=O) groups excluding carboxylic acids is 2. The van der Waals surface area contributed by atoms with E-state index < -0.39 is 33.9 Å². The number of ketones is 1. The van der Waals surface area contributed by atoms with E-state index in [0.29, 0.717) is 11.5 Å². The average molecular weight is 406 g/mol. The first kappa shape index (κ1) is 21.4. The summed E-state index contributed by atoms with van der Waals surface area (Å²) in [6.45, 7) is 1.33. The second-order valence-electron chi connectivity index (χ2n) is 6.03. The minimum Gasteiger partial charge on any atom is -0.497 e. The summed E-state index contributed by atoms with van der Waals surface area (Å²) < 4.78 is 39.6. The molecule has 0 bridgehead atoms. The molecule has 0 aliphatic rings. The molecule has 0 saturated heterocycles. The van der Waals surface area contributed by atoms with Gasteiger partial charge in [-0.3, -0.25) is 9.59 Å². The Kier molecular flexibility index (Phi) is 7.17. The van der Waals surface area contributed by atoms with E-state index in [2.05, 4.69) is 0 Å². The second-order valence-corrected chi connectivity index (χ2v) is 8.14. The van der Waals surface area contributed by atoms with E-state index in [1.54, 1.807) is 24.3 Å². The van der Waals surface area contributed by atoms with Gasteiger partial charge >= 0.3 is 5.97 Å². The number of ether oxygens (including phenoxy) is 3. The standard InChI is InChI=1S/C20H22O7S/c1-14-4-7-16(8-5-14)28(23,24)11-10-20(22)27-13-18(21)17-12-15(25-2)6-9-19(17)26-3/h4-9,12H,10-11,13H2,1-3H3. The largest absolute Gasteiger partial charge is 0.497 e.